The van der Waals surface area contributed by atoms with E-state index in [4.69, 9.17) is 11.6 Å². The Hall–Kier alpha value is -1.48. The van der Waals surface area contributed by atoms with Crippen LogP contribution in [0.5, 0.6) is 0 Å². The molecular formula is C18H23ClN2O. The van der Waals surface area contributed by atoms with Crippen LogP contribution in [-0.2, 0) is 11.3 Å². The van der Waals surface area contributed by atoms with Gasteiger partial charge in [-0.3, -0.25) is 4.79 Å². The van der Waals surface area contributed by atoms with Crippen molar-refractivity contribution in [1.29, 1.82) is 0 Å². The quantitative estimate of drug-likeness (QED) is 0.839. The number of nitrogens with one attached hydrogen (secondary N) is 2. The van der Waals surface area contributed by atoms with E-state index in [9.17, 15) is 4.79 Å². The zero-order valence-corrected chi connectivity index (χ0v) is 14.0. The van der Waals surface area contributed by atoms with Crippen molar-refractivity contribution in [3.05, 3.63) is 34.5 Å². The topological polar surface area (TPSA) is 44.9 Å². The molecule has 0 bridgehead atoms. The summed E-state index contributed by atoms with van der Waals surface area (Å²) in [5, 5.41) is 4.96. The second kappa shape index (κ2) is 6.33. The van der Waals surface area contributed by atoms with Crippen molar-refractivity contribution >= 4 is 28.4 Å². The normalized spacial score (nSPS) is 15.8. The van der Waals surface area contributed by atoms with Crippen LogP contribution in [0.2, 0.25) is 5.02 Å². The second-order valence-corrected chi connectivity index (χ2v) is 7.02. The monoisotopic (exact) mass is 318 g/mol. The summed E-state index contributed by atoms with van der Waals surface area (Å²) in [4.78, 5) is 15.5. The molecule has 1 aromatic heterocycles. The van der Waals surface area contributed by atoms with E-state index in [1.54, 1.807) is 0 Å². The lowest BCUT2D eigenvalue weighted by Crippen LogP contribution is -2.28. The number of aromatic nitrogens is 1. The third kappa shape index (κ3) is 3.14. The molecule has 0 unspecified atom stereocenters. The molecule has 118 valence electrons. The van der Waals surface area contributed by atoms with E-state index in [1.165, 1.54) is 12.8 Å². The van der Waals surface area contributed by atoms with E-state index in [-0.39, 0.29) is 11.8 Å². The first-order valence-electron chi connectivity index (χ1n) is 8.13. The van der Waals surface area contributed by atoms with Gasteiger partial charge in [0.25, 0.3) is 0 Å². The van der Waals surface area contributed by atoms with Crippen LogP contribution in [0.25, 0.3) is 10.9 Å². The number of rotatable bonds is 4. The maximum Gasteiger partial charge on any atom is 0.223 e. The summed E-state index contributed by atoms with van der Waals surface area (Å²) in [6.07, 6.45) is 4.43. The van der Waals surface area contributed by atoms with Gasteiger partial charge in [0, 0.05) is 27.5 Å². The highest BCUT2D eigenvalue weighted by atomic mass is 35.5. The fourth-order valence-corrected chi connectivity index (χ4v) is 3.67. The first-order chi connectivity index (χ1) is 10.5. The summed E-state index contributed by atoms with van der Waals surface area (Å²) >= 11 is 6.34. The average Bonchev–Trinajstić information content (AvgIpc) is 3.12. The summed E-state index contributed by atoms with van der Waals surface area (Å²) in [6.45, 7) is 4.83. The van der Waals surface area contributed by atoms with Crippen LogP contribution in [0.4, 0.5) is 0 Å². The summed E-state index contributed by atoms with van der Waals surface area (Å²) < 4.78 is 0. The number of H-pyrrole nitrogens is 1. The number of hydrogen-bond donors (Lipinski definition) is 2. The van der Waals surface area contributed by atoms with Crippen molar-refractivity contribution in [2.45, 2.75) is 52.0 Å². The van der Waals surface area contributed by atoms with Gasteiger partial charge in [0.15, 0.2) is 0 Å². The van der Waals surface area contributed by atoms with E-state index in [1.807, 2.05) is 6.07 Å². The van der Waals surface area contributed by atoms with Gasteiger partial charge < -0.3 is 10.3 Å². The molecule has 0 radical (unpaired) electrons. The SMILES string of the molecule is CC(C)c1cc2[nH]c(CNC(=O)C3CCCC3)cc2cc1Cl. The van der Waals surface area contributed by atoms with Crippen molar-refractivity contribution in [3.63, 3.8) is 0 Å². The molecule has 1 aliphatic rings. The van der Waals surface area contributed by atoms with Crippen molar-refractivity contribution in [2.75, 3.05) is 0 Å². The molecule has 1 fully saturated rings. The molecule has 3 nitrogen and oxygen atoms in total. The average molecular weight is 319 g/mol. The summed E-state index contributed by atoms with van der Waals surface area (Å²) in [5.74, 6) is 0.800. The third-order valence-corrected chi connectivity index (χ3v) is 4.92. The molecule has 0 atom stereocenters. The van der Waals surface area contributed by atoms with Gasteiger partial charge in [0.05, 0.1) is 6.54 Å². The van der Waals surface area contributed by atoms with E-state index < -0.39 is 0 Å². The van der Waals surface area contributed by atoms with Crippen molar-refractivity contribution in [2.24, 2.45) is 5.92 Å². The van der Waals surface area contributed by atoms with Crippen LogP contribution in [0.15, 0.2) is 18.2 Å². The van der Waals surface area contributed by atoms with Gasteiger partial charge in [0.2, 0.25) is 5.91 Å². The van der Waals surface area contributed by atoms with E-state index in [0.717, 1.165) is 40.0 Å². The van der Waals surface area contributed by atoms with Crippen molar-refractivity contribution in [3.8, 4) is 0 Å². The van der Waals surface area contributed by atoms with E-state index in [0.29, 0.717) is 12.5 Å². The van der Waals surface area contributed by atoms with Crippen LogP contribution in [0.1, 0.15) is 56.7 Å². The minimum Gasteiger partial charge on any atom is -0.357 e. The maximum atomic E-state index is 12.1. The maximum absolute atomic E-state index is 12.1. The minimum absolute atomic E-state index is 0.192. The number of halogens is 1. The molecule has 2 aromatic rings. The molecule has 2 N–H and O–H groups in total. The van der Waals surface area contributed by atoms with Gasteiger partial charge in [-0.1, -0.05) is 38.3 Å². The number of carbonyl (C=O) groups is 1. The minimum atomic E-state index is 0.192. The number of amides is 1. The van der Waals surface area contributed by atoms with Gasteiger partial charge in [0.1, 0.15) is 0 Å². The Morgan fingerprint density at radius 1 is 1.32 bits per heavy atom. The molecule has 22 heavy (non-hydrogen) atoms. The Morgan fingerprint density at radius 3 is 2.73 bits per heavy atom. The van der Waals surface area contributed by atoms with E-state index in [2.05, 4.69) is 36.3 Å². The standard InChI is InChI=1S/C18H23ClN2O/c1-11(2)15-9-17-13(8-16(15)19)7-14(21-17)10-20-18(22)12-5-3-4-6-12/h7-9,11-12,21H,3-6,10H2,1-2H3,(H,20,22). The number of fused-ring (bicyclic) bond motifs is 1. The highest BCUT2D eigenvalue weighted by Crippen LogP contribution is 2.29. The Morgan fingerprint density at radius 2 is 2.05 bits per heavy atom. The van der Waals surface area contributed by atoms with Gasteiger partial charge >= 0.3 is 0 Å². The molecule has 3 rings (SSSR count). The van der Waals surface area contributed by atoms with Crippen LogP contribution >= 0.6 is 11.6 Å². The van der Waals surface area contributed by atoms with Gasteiger partial charge in [-0.05, 0) is 42.5 Å². The van der Waals surface area contributed by atoms with Crippen LogP contribution < -0.4 is 5.32 Å². The van der Waals surface area contributed by atoms with Crippen LogP contribution in [0, 0.1) is 5.92 Å². The Kier molecular flexibility index (Phi) is 4.44. The van der Waals surface area contributed by atoms with E-state index >= 15 is 0 Å². The lowest BCUT2D eigenvalue weighted by Gasteiger charge is -2.09. The lowest BCUT2D eigenvalue weighted by molar-refractivity contribution is -0.124. The molecule has 1 amide bonds. The molecule has 4 heteroatoms. The molecule has 1 heterocycles. The largest absolute Gasteiger partial charge is 0.357 e. The molecular weight excluding hydrogens is 296 g/mol. The summed E-state index contributed by atoms with van der Waals surface area (Å²) in [7, 11) is 0. The first-order valence-corrected chi connectivity index (χ1v) is 8.51. The summed E-state index contributed by atoms with van der Waals surface area (Å²) in [5.41, 5.74) is 3.26. The zero-order valence-electron chi connectivity index (χ0n) is 13.2. The Balaban J connectivity index is 1.73. The molecule has 0 aliphatic heterocycles. The molecule has 1 aromatic carbocycles. The summed E-state index contributed by atoms with van der Waals surface area (Å²) in [6, 6.07) is 6.19. The van der Waals surface area contributed by atoms with Crippen LogP contribution in [-0.4, -0.2) is 10.9 Å². The fraction of sp³-hybridized carbons (Fsp3) is 0.500. The first kappa shape index (κ1) is 15.4. The number of aromatic amines is 1. The third-order valence-electron chi connectivity index (χ3n) is 4.59. The Bertz CT molecular complexity index is 684. The molecule has 1 saturated carbocycles. The smallest absolute Gasteiger partial charge is 0.223 e. The number of benzene rings is 1. The predicted octanol–water partition coefficient (Wildman–Crippen LogP) is 4.75. The molecule has 1 aliphatic carbocycles. The van der Waals surface area contributed by atoms with Gasteiger partial charge in [-0.25, -0.2) is 0 Å². The predicted molar refractivity (Wildman–Crippen MR) is 91.2 cm³/mol. The molecule has 0 spiro atoms. The zero-order chi connectivity index (χ0) is 15.7. The van der Waals surface area contributed by atoms with Crippen molar-refractivity contribution in [1.82, 2.24) is 10.3 Å². The van der Waals surface area contributed by atoms with Gasteiger partial charge in [-0.15, -0.1) is 0 Å². The highest BCUT2D eigenvalue weighted by Gasteiger charge is 2.22. The lowest BCUT2D eigenvalue weighted by atomic mass is 10.0. The van der Waals surface area contributed by atoms with Crippen LogP contribution in [0.3, 0.4) is 0 Å². The van der Waals surface area contributed by atoms with Gasteiger partial charge in [-0.2, -0.15) is 0 Å². The number of carbonyl (C=O) groups excluding carboxylic acids is 1. The number of hydrogen-bond acceptors (Lipinski definition) is 1. The highest BCUT2D eigenvalue weighted by molar-refractivity contribution is 6.32. The Labute approximate surface area is 136 Å². The van der Waals surface area contributed by atoms with Crippen molar-refractivity contribution < 1.29 is 4.79 Å². The fourth-order valence-electron chi connectivity index (χ4n) is 3.28. The molecule has 0 saturated heterocycles. The second-order valence-electron chi connectivity index (χ2n) is 6.61.